The summed E-state index contributed by atoms with van der Waals surface area (Å²) < 4.78 is 14.7. The Morgan fingerprint density at radius 3 is 3.00 bits per heavy atom. The second kappa shape index (κ2) is 5.47. The smallest absolute Gasteiger partial charge is 0.123 e. The lowest BCUT2D eigenvalue weighted by atomic mass is 9.64. The van der Waals surface area contributed by atoms with Crippen LogP contribution in [0.25, 0.3) is 0 Å². The first-order chi connectivity index (χ1) is 10.7. The van der Waals surface area contributed by atoms with E-state index in [1.165, 1.54) is 23.6 Å². The molecule has 3 heteroatoms. The standard InChI is InChI=1S/C19H19BrFN/c20-15-5-6-17-14(11-15)4-7-18-19(17,8-9-22-18)12-13-2-1-3-16(21)10-13/h1-3,5-6,10-11,18,22H,4,7-9,12H2. The summed E-state index contributed by atoms with van der Waals surface area (Å²) in [4.78, 5) is 0. The summed E-state index contributed by atoms with van der Waals surface area (Å²) in [6, 6.07) is 14.3. The lowest BCUT2D eigenvalue weighted by molar-refractivity contribution is 0.326. The van der Waals surface area contributed by atoms with Crippen molar-refractivity contribution in [1.29, 1.82) is 0 Å². The molecule has 0 saturated carbocycles. The number of halogens is 2. The fourth-order valence-electron chi connectivity index (χ4n) is 4.41. The molecule has 1 fully saturated rings. The molecule has 1 N–H and O–H groups in total. The van der Waals surface area contributed by atoms with E-state index in [9.17, 15) is 4.39 Å². The number of aryl methyl sites for hydroxylation is 1. The molecule has 0 radical (unpaired) electrons. The Labute approximate surface area is 139 Å². The van der Waals surface area contributed by atoms with E-state index in [2.05, 4.69) is 45.5 Å². The molecule has 2 atom stereocenters. The maximum atomic E-state index is 13.6. The zero-order valence-electron chi connectivity index (χ0n) is 12.4. The molecule has 2 aromatic rings. The molecule has 4 rings (SSSR count). The van der Waals surface area contributed by atoms with Crippen molar-refractivity contribution < 1.29 is 4.39 Å². The number of fused-ring (bicyclic) bond motifs is 3. The topological polar surface area (TPSA) is 12.0 Å². The average Bonchev–Trinajstić information content (AvgIpc) is 2.90. The van der Waals surface area contributed by atoms with Crippen LogP contribution in [0.1, 0.15) is 29.5 Å². The second-order valence-electron chi connectivity index (χ2n) is 6.56. The molecule has 114 valence electrons. The number of hydrogen-bond donors (Lipinski definition) is 1. The molecular weight excluding hydrogens is 341 g/mol. The van der Waals surface area contributed by atoms with E-state index in [-0.39, 0.29) is 11.2 Å². The molecule has 1 aliphatic heterocycles. The Bertz CT molecular complexity index is 714. The predicted molar refractivity (Wildman–Crippen MR) is 90.7 cm³/mol. The maximum absolute atomic E-state index is 13.6. The Morgan fingerprint density at radius 2 is 2.14 bits per heavy atom. The van der Waals surface area contributed by atoms with Gasteiger partial charge >= 0.3 is 0 Å². The van der Waals surface area contributed by atoms with Crippen LogP contribution >= 0.6 is 15.9 Å². The molecule has 1 aliphatic carbocycles. The van der Waals surface area contributed by atoms with E-state index in [1.54, 1.807) is 6.07 Å². The molecule has 1 heterocycles. The van der Waals surface area contributed by atoms with Crippen LogP contribution in [-0.4, -0.2) is 12.6 Å². The summed E-state index contributed by atoms with van der Waals surface area (Å²) in [5.74, 6) is -0.136. The van der Waals surface area contributed by atoms with Crippen molar-refractivity contribution in [2.24, 2.45) is 0 Å². The maximum Gasteiger partial charge on any atom is 0.123 e. The minimum absolute atomic E-state index is 0.113. The summed E-state index contributed by atoms with van der Waals surface area (Å²) in [5, 5.41) is 3.68. The lowest BCUT2D eigenvalue weighted by Crippen LogP contribution is -2.45. The molecule has 22 heavy (non-hydrogen) atoms. The highest BCUT2D eigenvalue weighted by atomic mass is 79.9. The fraction of sp³-hybridized carbons (Fsp3) is 0.368. The van der Waals surface area contributed by atoms with E-state index in [4.69, 9.17) is 0 Å². The molecule has 1 nitrogen and oxygen atoms in total. The van der Waals surface area contributed by atoms with Crippen LogP contribution in [0.2, 0.25) is 0 Å². The third kappa shape index (κ3) is 2.31. The van der Waals surface area contributed by atoms with Crippen molar-refractivity contribution in [1.82, 2.24) is 5.32 Å². The van der Waals surface area contributed by atoms with Gasteiger partial charge in [-0.15, -0.1) is 0 Å². The summed E-state index contributed by atoms with van der Waals surface area (Å²) in [6.07, 6.45) is 4.33. The van der Waals surface area contributed by atoms with Gasteiger partial charge in [0.05, 0.1) is 0 Å². The van der Waals surface area contributed by atoms with Gasteiger partial charge in [0, 0.05) is 15.9 Å². The van der Waals surface area contributed by atoms with Crippen LogP contribution in [0.5, 0.6) is 0 Å². The third-order valence-electron chi connectivity index (χ3n) is 5.34. The molecule has 2 aromatic carbocycles. The van der Waals surface area contributed by atoms with Crippen molar-refractivity contribution in [2.75, 3.05) is 6.54 Å². The van der Waals surface area contributed by atoms with Gasteiger partial charge in [0.15, 0.2) is 0 Å². The normalized spacial score (nSPS) is 26.5. The molecule has 0 spiro atoms. The molecule has 1 saturated heterocycles. The zero-order chi connectivity index (χ0) is 15.2. The Hall–Kier alpha value is -1.19. The molecular formula is C19H19BrFN. The highest BCUT2D eigenvalue weighted by Gasteiger charge is 2.47. The van der Waals surface area contributed by atoms with Crippen LogP contribution in [0, 0.1) is 5.82 Å². The minimum Gasteiger partial charge on any atom is -0.313 e. The van der Waals surface area contributed by atoms with Crippen molar-refractivity contribution >= 4 is 15.9 Å². The molecule has 2 aliphatic rings. The quantitative estimate of drug-likeness (QED) is 0.838. The van der Waals surface area contributed by atoms with Crippen molar-refractivity contribution in [3.8, 4) is 0 Å². The van der Waals surface area contributed by atoms with Gasteiger partial charge in [0.2, 0.25) is 0 Å². The molecule has 0 bridgehead atoms. The van der Waals surface area contributed by atoms with Gasteiger partial charge in [-0.2, -0.15) is 0 Å². The van der Waals surface area contributed by atoms with E-state index in [1.807, 2.05) is 6.07 Å². The molecule has 0 amide bonds. The van der Waals surface area contributed by atoms with E-state index in [0.717, 1.165) is 35.8 Å². The molecule has 2 unspecified atom stereocenters. The largest absolute Gasteiger partial charge is 0.313 e. The van der Waals surface area contributed by atoms with E-state index >= 15 is 0 Å². The summed E-state index contributed by atoms with van der Waals surface area (Å²) >= 11 is 3.59. The first-order valence-electron chi connectivity index (χ1n) is 7.94. The second-order valence-corrected chi connectivity index (χ2v) is 7.48. The van der Waals surface area contributed by atoms with E-state index < -0.39 is 0 Å². The number of nitrogens with one attached hydrogen (secondary N) is 1. The zero-order valence-corrected chi connectivity index (χ0v) is 14.0. The predicted octanol–water partition coefficient (Wildman–Crippen LogP) is 4.38. The minimum atomic E-state index is -0.136. The summed E-state index contributed by atoms with van der Waals surface area (Å²) in [6.45, 7) is 1.05. The Balaban J connectivity index is 1.80. The average molecular weight is 360 g/mol. The lowest BCUT2D eigenvalue weighted by Gasteiger charge is -2.41. The van der Waals surface area contributed by atoms with Crippen LogP contribution in [0.3, 0.4) is 0 Å². The van der Waals surface area contributed by atoms with E-state index in [0.29, 0.717) is 6.04 Å². The Morgan fingerprint density at radius 1 is 1.23 bits per heavy atom. The number of rotatable bonds is 2. The van der Waals surface area contributed by atoms with Crippen LogP contribution < -0.4 is 5.32 Å². The van der Waals surface area contributed by atoms with Gasteiger partial charge in [0.25, 0.3) is 0 Å². The number of benzene rings is 2. The van der Waals surface area contributed by atoms with Crippen LogP contribution in [-0.2, 0) is 18.3 Å². The SMILES string of the molecule is Fc1cccc(CC23CCNC2CCc2cc(Br)ccc23)c1. The van der Waals surface area contributed by atoms with Crippen LogP contribution in [0.4, 0.5) is 4.39 Å². The van der Waals surface area contributed by atoms with Crippen molar-refractivity contribution in [2.45, 2.75) is 37.1 Å². The number of hydrogen-bond acceptors (Lipinski definition) is 1. The highest BCUT2D eigenvalue weighted by Crippen LogP contribution is 2.46. The first kappa shape index (κ1) is 14.4. The summed E-state index contributed by atoms with van der Waals surface area (Å²) in [7, 11) is 0. The van der Waals surface area contributed by atoms with Crippen molar-refractivity contribution in [3.05, 3.63) is 69.4 Å². The van der Waals surface area contributed by atoms with Gasteiger partial charge in [-0.1, -0.05) is 34.1 Å². The van der Waals surface area contributed by atoms with Crippen LogP contribution in [0.15, 0.2) is 46.9 Å². The summed E-state index contributed by atoms with van der Waals surface area (Å²) in [5.41, 5.74) is 4.12. The van der Waals surface area contributed by atoms with Gasteiger partial charge in [0.1, 0.15) is 5.82 Å². The fourth-order valence-corrected chi connectivity index (χ4v) is 4.82. The van der Waals surface area contributed by atoms with Crippen molar-refractivity contribution in [3.63, 3.8) is 0 Å². The monoisotopic (exact) mass is 359 g/mol. The molecule has 0 aromatic heterocycles. The Kier molecular flexibility index (Phi) is 3.58. The van der Waals surface area contributed by atoms with Gasteiger partial charge in [-0.25, -0.2) is 4.39 Å². The van der Waals surface area contributed by atoms with Gasteiger partial charge in [-0.3, -0.25) is 0 Å². The first-order valence-corrected chi connectivity index (χ1v) is 8.73. The third-order valence-corrected chi connectivity index (χ3v) is 5.84. The van der Waals surface area contributed by atoms with Gasteiger partial charge in [-0.05, 0) is 73.2 Å². The highest BCUT2D eigenvalue weighted by molar-refractivity contribution is 9.10. The van der Waals surface area contributed by atoms with Gasteiger partial charge < -0.3 is 5.32 Å².